The molecule has 1 saturated heterocycles. The Labute approximate surface area is 307 Å². The number of methoxy groups -OCH3 is 1. The molecular formula is C34H36IN6O9P. The molecule has 3 aromatic carbocycles. The van der Waals surface area contributed by atoms with Crippen LogP contribution in [0.1, 0.15) is 32.6 Å². The lowest BCUT2D eigenvalue weighted by Crippen LogP contribution is -2.45. The minimum absolute atomic E-state index is 0.00128. The first-order valence-corrected chi connectivity index (χ1v) is 18.1. The Morgan fingerprint density at radius 3 is 2.55 bits per heavy atom. The van der Waals surface area contributed by atoms with Crippen LogP contribution >= 0.6 is 30.8 Å². The summed E-state index contributed by atoms with van der Waals surface area (Å²) in [6, 6.07) is 19.5. The van der Waals surface area contributed by atoms with E-state index in [0.717, 1.165) is 5.39 Å². The highest BCUT2D eigenvalue weighted by Gasteiger charge is 2.54. The van der Waals surface area contributed by atoms with E-state index < -0.39 is 49.6 Å². The van der Waals surface area contributed by atoms with Gasteiger partial charge >= 0.3 is 14.1 Å². The molecule has 0 aliphatic carbocycles. The van der Waals surface area contributed by atoms with Gasteiger partial charge in [-0.05, 0) is 29.9 Å². The lowest BCUT2D eigenvalue weighted by molar-refractivity contribution is -0.170. The Hall–Kier alpha value is -4.19. The van der Waals surface area contributed by atoms with E-state index in [2.05, 4.69) is 19.7 Å². The highest BCUT2D eigenvalue weighted by Crippen LogP contribution is 2.44. The summed E-state index contributed by atoms with van der Waals surface area (Å²) in [5, 5.41) is 34.5. The summed E-state index contributed by atoms with van der Waals surface area (Å²) in [6.07, 6.45) is -3.71. The molecule has 6 atom stereocenters. The fraction of sp³-hybridized carbons (Fsp3) is 0.353. The van der Waals surface area contributed by atoms with Crippen molar-refractivity contribution in [1.82, 2.24) is 19.5 Å². The van der Waals surface area contributed by atoms with Gasteiger partial charge in [0.25, 0.3) is 0 Å². The van der Waals surface area contributed by atoms with Crippen LogP contribution in [0.5, 0.6) is 17.4 Å². The number of nitrogen functional groups attached to an aromatic ring is 1. The number of hydrogen-bond donors (Lipinski definition) is 4. The summed E-state index contributed by atoms with van der Waals surface area (Å²) in [4.78, 5) is 39.3. The normalized spacial score (nSPS) is 22.0. The fourth-order valence-corrected chi connectivity index (χ4v) is 7.90. The molecule has 3 heterocycles. The maximum Gasteiger partial charge on any atom is 0.395 e. The van der Waals surface area contributed by atoms with Crippen molar-refractivity contribution in [2.75, 3.05) is 19.5 Å². The van der Waals surface area contributed by atoms with Crippen molar-refractivity contribution in [2.45, 2.75) is 56.8 Å². The van der Waals surface area contributed by atoms with Gasteiger partial charge < -0.3 is 40.2 Å². The number of nitrogens with zero attached hydrogens (tertiary/aromatic N) is 5. The Kier molecular flexibility index (Phi) is 10.4. The molecule has 1 unspecified atom stereocenters. The van der Waals surface area contributed by atoms with Gasteiger partial charge in [-0.3, -0.25) is 9.09 Å². The zero-order valence-corrected chi connectivity index (χ0v) is 31.1. The maximum atomic E-state index is 13.7. The van der Waals surface area contributed by atoms with Gasteiger partial charge in [0.05, 0.1) is 7.11 Å². The van der Waals surface area contributed by atoms with Gasteiger partial charge in [0.15, 0.2) is 27.0 Å². The smallest absolute Gasteiger partial charge is 0.395 e. The number of imidazole rings is 1. The van der Waals surface area contributed by atoms with Gasteiger partial charge in [0.2, 0.25) is 23.1 Å². The molecule has 5 aromatic rings. The lowest BCUT2D eigenvalue weighted by Gasteiger charge is -2.27. The number of aromatic nitrogens is 4. The van der Waals surface area contributed by atoms with Crippen LogP contribution in [0.3, 0.4) is 0 Å². The van der Waals surface area contributed by atoms with Gasteiger partial charge in [-0.1, -0.05) is 79.3 Å². The van der Waals surface area contributed by atoms with E-state index in [9.17, 15) is 25.0 Å². The number of anilines is 1. The van der Waals surface area contributed by atoms with Gasteiger partial charge in [-0.15, -0.1) is 0 Å². The number of halogens is 1. The fourth-order valence-electron chi connectivity index (χ4n) is 6.12. The number of ether oxygens (including phenoxy) is 3. The minimum Gasteiger partial charge on any atom is -0.575 e. The third-order valence-electron chi connectivity index (χ3n) is 8.98. The summed E-state index contributed by atoms with van der Waals surface area (Å²) in [7, 11) is -1.53. The summed E-state index contributed by atoms with van der Waals surface area (Å²) in [6.45, 7) is 4.55. The number of carbonyl (C=O) groups is 1. The largest absolute Gasteiger partial charge is 0.575 e. The summed E-state index contributed by atoms with van der Waals surface area (Å²) < 4.78 is 29.8. The molecule has 0 amide bonds. The third kappa shape index (κ3) is 6.91. The van der Waals surface area contributed by atoms with Crippen LogP contribution in [0.4, 0.5) is 5.95 Å². The molecule has 2 aromatic heterocycles. The molecule has 5 N–H and O–H groups in total. The summed E-state index contributed by atoms with van der Waals surface area (Å²) in [5.41, 5.74) is 3.54. The van der Waals surface area contributed by atoms with Crippen LogP contribution in [0.25, 0.3) is 21.9 Å². The molecule has 1 fully saturated rings. The van der Waals surface area contributed by atoms with E-state index in [0.29, 0.717) is 14.8 Å². The standard InChI is InChI=1S/C34H36IN6O9P/c1-18(2)34(30(43)44,16-19-10-6-5-7-11-19)40-51(46)50-25-21-13-9-8-12-20(21)14-15-22(25)48-17-23-26(42)33(3,45)29(49-23)41-27-24(37-31(41)35)28(47-4)39-32(36)38-27/h5-15,18,23,26,29,42,45H,16-17H2,1-4H3,(H,43,44)(H2,36,38,39)/t23-,26-,29-,33-,34+/m1/s1. The quantitative estimate of drug-likeness (QED) is 0.0788. The molecule has 51 heavy (non-hydrogen) atoms. The van der Waals surface area contributed by atoms with Gasteiger partial charge in [-0.25, -0.2) is 9.78 Å². The number of aliphatic hydroxyl groups is 2. The SMILES string of the molecule is COc1nc(N)nc2c1nc(I)n2[C@@H]1O[C@H](COc2ccc3ccccc3c2O[P+]([O-])=N[C@](Cc2ccccc2)(C(=O)O)C(C)C)[C@@H](O)[C@@]1(C)O. The number of rotatable bonds is 12. The molecule has 6 rings (SSSR count). The predicted octanol–water partition coefficient (Wildman–Crippen LogP) is 4.22. The average molecular weight is 831 g/mol. The molecule has 17 heteroatoms. The second kappa shape index (κ2) is 14.4. The van der Waals surface area contributed by atoms with Crippen LogP contribution in [0.2, 0.25) is 0 Å². The molecule has 1 aliphatic rings. The molecule has 0 saturated carbocycles. The van der Waals surface area contributed by atoms with Gasteiger partial charge in [-0.2, -0.15) is 9.97 Å². The van der Waals surface area contributed by atoms with E-state index in [1.807, 2.05) is 40.8 Å². The Bertz CT molecular complexity index is 2120. The zero-order valence-electron chi connectivity index (χ0n) is 28.0. The number of benzene rings is 3. The van der Waals surface area contributed by atoms with Crippen molar-refractivity contribution in [3.63, 3.8) is 0 Å². The van der Waals surface area contributed by atoms with Crippen LogP contribution in [0.15, 0.2) is 71.5 Å². The molecular weight excluding hydrogens is 794 g/mol. The number of hydrogen-bond acceptors (Lipinski definition) is 13. The first-order chi connectivity index (χ1) is 24.3. The topological polar surface area (TPSA) is 220 Å². The van der Waals surface area contributed by atoms with E-state index >= 15 is 0 Å². The van der Waals surface area contributed by atoms with E-state index in [1.165, 1.54) is 18.6 Å². The first-order valence-electron chi connectivity index (χ1n) is 15.9. The molecule has 0 spiro atoms. The van der Waals surface area contributed by atoms with Crippen molar-refractivity contribution in [3.05, 3.63) is 76.1 Å². The second-order valence-electron chi connectivity index (χ2n) is 12.6. The number of nitrogens with two attached hydrogens (primary N) is 1. The van der Waals surface area contributed by atoms with Crippen molar-refractivity contribution < 1.29 is 43.7 Å². The van der Waals surface area contributed by atoms with Crippen molar-refractivity contribution >= 4 is 64.6 Å². The molecule has 0 radical (unpaired) electrons. The Morgan fingerprint density at radius 2 is 1.86 bits per heavy atom. The average Bonchev–Trinajstić information content (AvgIpc) is 3.53. The van der Waals surface area contributed by atoms with E-state index in [4.69, 9.17) is 24.5 Å². The predicted molar refractivity (Wildman–Crippen MR) is 194 cm³/mol. The number of aliphatic hydroxyl groups excluding tert-OH is 1. The number of carboxylic acid groups (broad SMARTS) is 1. The lowest BCUT2D eigenvalue weighted by atomic mass is 9.82. The number of fused-ring (bicyclic) bond motifs is 2. The number of carboxylic acids is 1. The van der Waals surface area contributed by atoms with E-state index in [1.54, 1.807) is 62.4 Å². The van der Waals surface area contributed by atoms with Crippen LogP contribution < -0.4 is 24.6 Å². The third-order valence-corrected chi connectivity index (χ3v) is 10.6. The molecule has 15 nitrogen and oxygen atoms in total. The molecule has 0 bridgehead atoms. The zero-order chi connectivity index (χ0) is 36.7. The van der Waals surface area contributed by atoms with Crippen molar-refractivity contribution in [2.24, 2.45) is 10.7 Å². The number of aliphatic carboxylic acids is 1. The highest BCUT2D eigenvalue weighted by atomic mass is 127. The van der Waals surface area contributed by atoms with Crippen LogP contribution in [0, 0.1) is 9.75 Å². The Balaban J connectivity index is 1.31. The molecule has 268 valence electrons. The highest BCUT2D eigenvalue weighted by molar-refractivity contribution is 14.1. The maximum absolute atomic E-state index is 13.7. The summed E-state index contributed by atoms with van der Waals surface area (Å²) >= 11 is 1.95. The minimum atomic E-state index is -2.95. The second-order valence-corrected chi connectivity index (χ2v) is 14.4. The Morgan fingerprint density at radius 1 is 1.16 bits per heavy atom. The van der Waals surface area contributed by atoms with Crippen LogP contribution in [-0.4, -0.2) is 77.9 Å². The molecule has 1 aliphatic heterocycles. The van der Waals surface area contributed by atoms with Crippen molar-refractivity contribution in [1.29, 1.82) is 0 Å². The van der Waals surface area contributed by atoms with Crippen LogP contribution in [-0.2, 0) is 16.0 Å². The van der Waals surface area contributed by atoms with Gasteiger partial charge in [0.1, 0.15) is 24.4 Å². The first kappa shape index (κ1) is 36.6. The van der Waals surface area contributed by atoms with Crippen molar-refractivity contribution in [3.8, 4) is 17.4 Å². The van der Waals surface area contributed by atoms with E-state index in [-0.39, 0.29) is 47.5 Å². The van der Waals surface area contributed by atoms with Gasteiger partial charge in [0, 0.05) is 34.4 Å². The monoisotopic (exact) mass is 830 g/mol. The summed E-state index contributed by atoms with van der Waals surface area (Å²) in [5.74, 6) is -1.53.